The molecule has 2 aliphatic heterocycles. The number of aromatic nitrogens is 4. The van der Waals surface area contributed by atoms with Crippen molar-refractivity contribution in [3.63, 3.8) is 0 Å². The summed E-state index contributed by atoms with van der Waals surface area (Å²) in [5, 5.41) is 6.66. The first-order valence-electron chi connectivity index (χ1n) is 14.4. The van der Waals surface area contributed by atoms with Crippen molar-refractivity contribution in [2.24, 2.45) is 0 Å². The molecule has 0 saturated carbocycles. The quantitative estimate of drug-likeness (QED) is 0.212. The van der Waals surface area contributed by atoms with E-state index in [2.05, 4.69) is 82.6 Å². The van der Waals surface area contributed by atoms with Crippen molar-refractivity contribution >= 4 is 67.5 Å². The molecule has 5 aromatic rings. The maximum absolute atomic E-state index is 13.6. The molecular formula is C32H32BrN9O. The van der Waals surface area contributed by atoms with E-state index in [0.717, 1.165) is 70.0 Å². The van der Waals surface area contributed by atoms with E-state index in [1.807, 2.05) is 48.2 Å². The molecule has 11 heteroatoms. The Hall–Kier alpha value is -4.48. The summed E-state index contributed by atoms with van der Waals surface area (Å²) in [5.41, 5.74) is 7.93. The number of fused-ring (bicyclic) bond motifs is 2. The second kappa shape index (κ2) is 11.3. The van der Waals surface area contributed by atoms with E-state index in [9.17, 15) is 4.79 Å². The lowest BCUT2D eigenvalue weighted by Crippen LogP contribution is -2.44. The number of amides is 1. The van der Waals surface area contributed by atoms with Crippen molar-refractivity contribution in [2.45, 2.75) is 13.3 Å². The Morgan fingerprint density at radius 3 is 2.49 bits per heavy atom. The summed E-state index contributed by atoms with van der Waals surface area (Å²) in [4.78, 5) is 37.4. The standard InChI is InChI=1S/C32H32BrN9O/c1-20-3-5-23(36-32-38-27-10-4-21(33)17-28(27)39-32)18-29(20)42-12-11-26-25(30(42)43)19-34-31(37-26)35-22-6-8-24(9-7-22)41-15-13-40(2)14-16-41/h3-10,17-19H,11-16H2,1-2H3,(H,34,35,37)(H2,36,38,39). The predicted octanol–water partition coefficient (Wildman–Crippen LogP) is 5.87. The Labute approximate surface area is 258 Å². The number of hydrogen-bond acceptors (Lipinski definition) is 8. The van der Waals surface area contributed by atoms with Crippen LogP contribution >= 0.6 is 15.9 Å². The monoisotopic (exact) mass is 637 g/mol. The Balaban J connectivity index is 1.05. The predicted molar refractivity (Wildman–Crippen MR) is 175 cm³/mol. The Bertz CT molecular complexity index is 1810. The second-order valence-corrected chi connectivity index (χ2v) is 12.0. The molecule has 2 aliphatic rings. The Kier molecular flexibility index (Phi) is 7.20. The van der Waals surface area contributed by atoms with Crippen molar-refractivity contribution in [1.29, 1.82) is 0 Å². The zero-order valence-electron chi connectivity index (χ0n) is 24.1. The molecular weight excluding hydrogens is 606 g/mol. The molecule has 0 unspecified atom stereocenters. The van der Waals surface area contributed by atoms with Gasteiger partial charge in [0.15, 0.2) is 0 Å². The number of H-pyrrole nitrogens is 1. The van der Waals surface area contributed by atoms with Crippen molar-refractivity contribution < 1.29 is 4.79 Å². The molecule has 3 N–H and O–H groups in total. The third kappa shape index (κ3) is 5.65. The number of hydrogen-bond donors (Lipinski definition) is 3. The summed E-state index contributed by atoms with van der Waals surface area (Å²) in [7, 11) is 2.16. The Morgan fingerprint density at radius 1 is 0.884 bits per heavy atom. The lowest BCUT2D eigenvalue weighted by Gasteiger charge is -2.34. The highest BCUT2D eigenvalue weighted by atomic mass is 79.9. The third-order valence-electron chi connectivity index (χ3n) is 8.11. The number of aryl methyl sites for hydroxylation is 1. The van der Waals surface area contributed by atoms with E-state index in [-0.39, 0.29) is 5.91 Å². The van der Waals surface area contributed by atoms with E-state index in [1.54, 1.807) is 6.20 Å². The average molecular weight is 639 g/mol. The van der Waals surface area contributed by atoms with Gasteiger partial charge in [-0.1, -0.05) is 22.0 Å². The van der Waals surface area contributed by atoms with Crippen molar-refractivity contribution in [3.8, 4) is 0 Å². The van der Waals surface area contributed by atoms with E-state index in [0.29, 0.717) is 30.4 Å². The molecule has 7 rings (SSSR count). The number of benzene rings is 3. The van der Waals surface area contributed by atoms with Crippen LogP contribution in [0.1, 0.15) is 21.6 Å². The summed E-state index contributed by atoms with van der Waals surface area (Å²) in [6.45, 7) is 6.75. The van der Waals surface area contributed by atoms with Crippen LogP contribution in [0.3, 0.4) is 0 Å². The lowest BCUT2D eigenvalue weighted by molar-refractivity contribution is 0.0979. The first-order valence-corrected chi connectivity index (χ1v) is 15.2. The van der Waals surface area contributed by atoms with Gasteiger partial charge in [0.2, 0.25) is 11.9 Å². The topological polar surface area (TPSA) is 105 Å². The molecule has 43 heavy (non-hydrogen) atoms. The molecule has 0 atom stereocenters. The van der Waals surface area contributed by atoms with Gasteiger partial charge in [-0.25, -0.2) is 15.0 Å². The van der Waals surface area contributed by atoms with Crippen LogP contribution in [0.25, 0.3) is 11.0 Å². The van der Waals surface area contributed by atoms with Crippen molar-refractivity contribution in [1.82, 2.24) is 24.8 Å². The van der Waals surface area contributed by atoms with Gasteiger partial charge in [0.05, 0.1) is 22.3 Å². The number of aromatic amines is 1. The molecule has 0 aliphatic carbocycles. The minimum Gasteiger partial charge on any atom is -0.369 e. The number of anilines is 6. The molecule has 0 bridgehead atoms. The van der Waals surface area contributed by atoms with Gasteiger partial charge in [0.1, 0.15) is 0 Å². The molecule has 1 saturated heterocycles. The molecule has 4 heterocycles. The van der Waals surface area contributed by atoms with Gasteiger partial charge in [-0.2, -0.15) is 0 Å². The molecule has 3 aromatic carbocycles. The molecule has 10 nitrogen and oxygen atoms in total. The van der Waals surface area contributed by atoms with Crippen LogP contribution in [-0.4, -0.2) is 70.5 Å². The first kappa shape index (κ1) is 27.4. The molecule has 1 fully saturated rings. The van der Waals surface area contributed by atoms with Crippen LogP contribution < -0.4 is 20.4 Å². The molecule has 0 spiro atoms. The van der Waals surface area contributed by atoms with E-state index >= 15 is 0 Å². The maximum atomic E-state index is 13.6. The summed E-state index contributed by atoms with van der Waals surface area (Å²) in [6, 6.07) is 20.3. The number of imidazole rings is 1. The van der Waals surface area contributed by atoms with E-state index in [4.69, 9.17) is 4.98 Å². The highest BCUT2D eigenvalue weighted by Crippen LogP contribution is 2.31. The van der Waals surface area contributed by atoms with Gasteiger partial charge in [-0.05, 0) is 74.1 Å². The number of rotatable bonds is 6. The Morgan fingerprint density at radius 2 is 1.67 bits per heavy atom. The summed E-state index contributed by atoms with van der Waals surface area (Å²) in [6.07, 6.45) is 2.28. The summed E-state index contributed by atoms with van der Waals surface area (Å²) >= 11 is 3.50. The van der Waals surface area contributed by atoms with Crippen molar-refractivity contribution in [3.05, 3.63) is 88.2 Å². The number of carbonyl (C=O) groups is 1. The maximum Gasteiger partial charge on any atom is 0.261 e. The molecule has 1 amide bonds. The summed E-state index contributed by atoms with van der Waals surface area (Å²) in [5.74, 6) is 1.03. The number of piperazine rings is 1. The van der Waals surface area contributed by atoms with Gasteiger partial charge < -0.3 is 30.3 Å². The SMILES string of the molecule is Cc1ccc(Nc2nc3ccc(Br)cc3[nH]2)cc1N1CCc2nc(Nc3ccc(N4CCN(C)CC4)cc3)ncc2C1=O. The molecule has 0 radical (unpaired) electrons. The number of halogens is 1. The van der Waals surface area contributed by atoms with Crippen LogP contribution in [0.5, 0.6) is 0 Å². The van der Waals surface area contributed by atoms with Crippen molar-refractivity contribution in [2.75, 3.05) is 60.2 Å². The minimum atomic E-state index is -0.0989. The summed E-state index contributed by atoms with van der Waals surface area (Å²) < 4.78 is 0.985. The van der Waals surface area contributed by atoms with Crippen LogP contribution in [0.15, 0.2) is 71.3 Å². The zero-order chi connectivity index (χ0) is 29.5. The second-order valence-electron chi connectivity index (χ2n) is 11.1. The first-order chi connectivity index (χ1) is 20.9. The smallest absolute Gasteiger partial charge is 0.261 e. The highest BCUT2D eigenvalue weighted by molar-refractivity contribution is 9.10. The fraction of sp³-hybridized carbons (Fsp3) is 0.250. The number of nitrogens with one attached hydrogen (secondary N) is 3. The minimum absolute atomic E-state index is 0.0989. The van der Waals surface area contributed by atoms with Gasteiger partial charge in [0.25, 0.3) is 5.91 Å². The van der Waals surface area contributed by atoms with Crippen LogP contribution in [0.4, 0.5) is 34.6 Å². The van der Waals surface area contributed by atoms with Gasteiger partial charge in [-0.15, -0.1) is 0 Å². The van der Waals surface area contributed by atoms with Crippen LogP contribution in [-0.2, 0) is 6.42 Å². The fourth-order valence-electron chi connectivity index (χ4n) is 5.65. The number of carbonyl (C=O) groups excluding carboxylic acids is 1. The fourth-order valence-corrected chi connectivity index (χ4v) is 6.01. The van der Waals surface area contributed by atoms with Gasteiger partial charge in [0, 0.05) is 72.6 Å². The van der Waals surface area contributed by atoms with Crippen LogP contribution in [0, 0.1) is 6.92 Å². The van der Waals surface area contributed by atoms with Gasteiger partial charge >= 0.3 is 0 Å². The molecule has 218 valence electrons. The van der Waals surface area contributed by atoms with Gasteiger partial charge in [-0.3, -0.25) is 4.79 Å². The zero-order valence-corrected chi connectivity index (χ0v) is 25.6. The average Bonchev–Trinajstić information content (AvgIpc) is 3.41. The largest absolute Gasteiger partial charge is 0.369 e. The highest BCUT2D eigenvalue weighted by Gasteiger charge is 2.28. The lowest BCUT2D eigenvalue weighted by atomic mass is 10.0. The van der Waals surface area contributed by atoms with Crippen LogP contribution in [0.2, 0.25) is 0 Å². The number of nitrogens with zero attached hydrogens (tertiary/aromatic N) is 6. The number of likely N-dealkylation sites (N-methyl/N-ethyl adjacent to an activating group) is 1. The normalized spacial score (nSPS) is 15.6. The van der Waals surface area contributed by atoms with E-state index < -0.39 is 0 Å². The third-order valence-corrected chi connectivity index (χ3v) is 8.61. The van der Waals surface area contributed by atoms with E-state index in [1.165, 1.54) is 5.69 Å². The molecule has 2 aromatic heterocycles.